The minimum absolute atomic E-state index is 0.00600. The first-order valence-electron chi connectivity index (χ1n) is 10.0. The van der Waals surface area contributed by atoms with E-state index in [9.17, 15) is 9.59 Å². The van der Waals surface area contributed by atoms with Gasteiger partial charge in [0.25, 0.3) is 0 Å². The van der Waals surface area contributed by atoms with Gasteiger partial charge in [-0.15, -0.1) is 0 Å². The first kappa shape index (κ1) is 18.9. The second kappa shape index (κ2) is 8.67. The van der Waals surface area contributed by atoms with Gasteiger partial charge in [0.2, 0.25) is 11.8 Å². The van der Waals surface area contributed by atoms with Gasteiger partial charge in [-0.05, 0) is 43.2 Å². The Labute approximate surface area is 156 Å². The van der Waals surface area contributed by atoms with Crippen LogP contribution in [0.4, 0.5) is 0 Å². The van der Waals surface area contributed by atoms with E-state index in [1.807, 2.05) is 6.92 Å². The van der Waals surface area contributed by atoms with Crippen LogP contribution < -0.4 is 10.6 Å². The summed E-state index contributed by atoms with van der Waals surface area (Å²) in [5.74, 6) is -0.00859. The van der Waals surface area contributed by atoms with E-state index in [2.05, 4.69) is 39.8 Å². The zero-order valence-corrected chi connectivity index (χ0v) is 15.9. The zero-order chi connectivity index (χ0) is 18.4. The summed E-state index contributed by atoms with van der Waals surface area (Å²) in [7, 11) is 0. The number of carbonyl (C=O) groups is 2. The second-order valence-electron chi connectivity index (χ2n) is 7.60. The van der Waals surface area contributed by atoms with E-state index >= 15 is 0 Å². The van der Waals surface area contributed by atoms with Crippen LogP contribution in [-0.2, 0) is 22.6 Å². The van der Waals surface area contributed by atoms with Gasteiger partial charge in [0.15, 0.2) is 0 Å². The highest BCUT2D eigenvalue weighted by Crippen LogP contribution is 2.23. The summed E-state index contributed by atoms with van der Waals surface area (Å²) in [5, 5.41) is 6.05. The predicted octanol–water partition coefficient (Wildman–Crippen LogP) is 2.39. The van der Waals surface area contributed by atoms with Crippen LogP contribution in [0.25, 0.3) is 0 Å². The van der Waals surface area contributed by atoms with Crippen molar-refractivity contribution in [3.63, 3.8) is 0 Å². The van der Waals surface area contributed by atoms with E-state index in [1.54, 1.807) is 0 Å². The molecule has 2 amide bonds. The number of hydrogen-bond donors (Lipinski definition) is 2. The molecule has 3 rings (SSSR count). The first-order chi connectivity index (χ1) is 12.6. The Morgan fingerprint density at radius 2 is 2.04 bits per heavy atom. The molecule has 1 fully saturated rings. The van der Waals surface area contributed by atoms with Crippen molar-refractivity contribution in [3.8, 4) is 0 Å². The summed E-state index contributed by atoms with van der Waals surface area (Å²) < 4.78 is 0. The van der Waals surface area contributed by atoms with Crippen LogP contribution in [0.2, 0.25) is 0 Å². The Morgan fingerprint density at radius 3 is 2.85 bits per heavy atom. The summed E-state index contributed by atoms with van der Waals surface area (Å²) in [6, 6.07) is 8.65. The Morgan fingerprint density at radius 1 is 1.23 bits per heavy atom. The molecule has 1 saturated heterocycles. The molecule has 0 spiro atoms. The summed E-state index contributed by atoms with van der Waals surface area (Å²) in [5.41, 5.74) is 2.18. The van der Waals surface area contributed by atoms with Crippen LogP contribution in [0.15, 0.2) is 24.3 Å². The maximum absolute atomic E-state index is 12.7. The molecule has 0 aromatic heterocycles. The number of rotatable bonds is 6. The lowest BCUT2D eigenvalue weighted by Gasteiger charge is -2.31. The van der Waals surface area contributed by atoms with Crippen LogP contribution in [0.1, 0.15) is 56.6 Å². The van der Waals surface area contributed by atoms with E-state index in [4.69, 9.17) is 0 Å². The van der Waals surface area contributed by atoms with Crippen LogP contribution in [0.5, 0.6) is 0 Å². The lowest BCUT2D eigenvalue weighted by Crippen LogP contribution is -2.57. The molecule has 0 saturated carbocycles. The summed E-state index contributed by atoms with van der Waals surface area (Å²) in [6.07, 6.45) is 5.75. The van der Waals surface area contributed by atoms with E-state index in [0.29, 0.717) is 19.4 Å². The fraction of sp³-hybridized carbons (Fsp3) is 0.619. The number of benzene rings is 1. The highest BCUT2D eigenvalue weighted by Gasteiger charge is 2.38. The molecule has 142 valence electrons. The van der Waals surface area contributed by atoms with Gasteiger partial charge in [-0.1, -0.05) is 37.6 Å². The summed E-state index contributed by atoms with van der Waals surface area (Å²) in [6.45, 7) is 5.71. The number of amides is 2. The van der Waals surface area contributed by atoms with Gasteiger partial charge in [0, 0.05) is 32.6 Å². The molecule has 1 unspecified atom stereocenters. The molecular formula is C21H31N3O2. The van der Waals surface area contributed by atoms with Crippen molar-refractivity contribution in [1.29, 1.82) is 0 Å². The van der Waals surface area contributed by atoms with E-state index in [0.717, 1.165) is 51.7 Å². The molecule has 0 aliphatic carbocycles. The number of fused-ring (bicyclic) bond motifs is 1. The molecule has 2 aliphatic heterocycles. The van der Waals surface area contributed by atoms with Gasteiger partial charge in [0.05, 0.1) is 0 Å². The van der Waals surface area contributed by atoms with Gasteiger partial charge in [-0.25, -0.2) is 0 Å². The van der Waals surface area contributed by atoms with E-state index in [-0.39, 0.29) is 11.8 Å². The molecule has 2 heterocycles. The van der Waals surface area contributed by atoms with Crippen molar-refractivity contribution in [2.75, 3.05) is 19.6 Å². The summed E-state index contributed by atoms with van der Waals surface area (Å²) >= 11 is 0. The number of nitrogens with one attached hydrogen (secondary N) is 2. The molecule has 5 nitrogen and oxygen atoms in total. The smallest absolute Gasteiger partial charge is 0.245 e. The van der Waals surface area contributed by atoms with Crippen molar-refractivity contribution in [1.82, 2.24) is 15.5 Å². The summed E-state index contributed by atoms with van der Waals surface area (Å²) in [4.78, 5) is 27.1. The average molecular weight is 357 g/mol. The van der Waals surface area contributed by atoms with Crippen molar-refractivity contribution in [2.45, 2.75) is 64.0 Å². The van der Waals surface area contributed by atoms with Crippen molar-refractivity contribution >= 4 is 11.8 Å². The highest BCUT2D eigenvalue weighted by molar-refractivity contribution is 5.91. The van der Waals surface area contributed by atoms with Crippen LogP contribution in [-0.4, -0.2) is 41.9 Å². The molecular weight excluding hydrogens is 326 g/mol. The average Bonchev–Trinajstić information content (AvgIpc) is 2.87. The number of carbonyl (C=O) groups excluding carboxylic acids is 2. The van der Waals surface area contributed by atoms with Gasteiger partial charge in [-0.2, -0.15) is 0 Å². The lowest BCUT2D eigenvalue weighted by molar-refractivity contribution is -0.133. The molecule has 2 N–H and O–H groups in total. The molecule has 1 aromatic rings. The van der Waals surface area contributed by atoms with Gasteiger partial charge in [-0.3, -0.25) is 14.5 Å². The highest BCUT2D eigenvalue weighted by atomic mass is 16.2. The Balaban J connectivity index is 1.44. The van der Waals surface area contributed by atoms with Gasteiger partial charge in [0.1, 0.15) is 5.54 Å². The number of nitrogens with zero attached hydrogens (tertiary/aromatic N) is 1. The minimum atomic E-state index is -0.711. The standard InChI is InChI=1S/C21H31N3O2/c1-2-21(12-6-5-10-19(25)23-21)20(26)22-13-7-14-24-15-11-17-8-3-4-9-18(17)16-24/h3-4,8-9H,2,5-7,10-16H2,1H3,(H,22,26)(H,23,25). The molecule has 5 heteroatoms. The Hall–Kier alpha value is -1.88. The molecule has 1 atom stereocenters. The first-order valence-corrected chi connectivity index (χ1v) is 10.0. The number of hydrogen-bond acceptors (Lipinski definition) is 3. The molecule has 26 heavy (non-hydrogen) atoms. The van der Waals surface area contributed by atoms with Crippen LogP contribution in [0.3, 0.4) is 0 Å². The van der Waals surface area contributed by atoms with E-state index < -0.39 is 5.54 Å². The lowest BCUT2D eigenvalue weighted by atomic mass is 9.89. The molecule has 1 aromatic carbocycles. The van der Waals surface area contributed by atoms with Gasteiger partial charge >= 0.3 is 0 Å². The third kappa shape index (κ3) is 4.44. The maximum Gasteiger partial charge on any atom is 0.245 e. The van der Waals surface area contributed by atoms with Gasteiger partial charge < -0.3 is 10.6 Å². The normalized spacial score (nSPS) is 23.7. The van der Waals surface area contributed by atoms with Crippen molar-refractivity contribution < 1.29 is 9.59 Å². The molecule has 0 bridgehead atoms. The Bertz CT molecular complexity index is 646. The largest absolute Gasteiger partial charge is 0.354 e. The third-order valence-corrected chi connectivity index (χ3v) is 5.82. The fourth-order valence-corrected chi connectivity index (χ4v) is 4.12. The topological polar surface area (TPSA) is 61.4 Å². The fourth-order valence-electron chi connectivity index (χ4n) is 4.12. The minimum Gasteiger partial charge on any atom is -0.354 e. The third-order valence-electron chi connectivity index (χ3n) is 5.82. The van der Waals surface area contributed by atoms with Crippen molar-refractivity contribution in [3.05, 3.63) is 35.4 Å². The van der Waals surface area contributed by atoms with E-state index in [1.165, 1.54) is 11.1 Å². The monoisotopic (exact) mass is 357 g/mol. The zero-order valence-electron chi connectivity index (χ0n) is 15.9. The quantitative estimate of drug-likeness (QED) is 0.769. The predicted molar refractivity (Wildman–Crippen MR) is 103 cm³/mol. The Kier molecular flexibility index (Phi) is 6.30. The second-order valence-corrected chi connectivity index (χ2v) is 7.60. The SMILES string of the molecule is CCC1(C(=O)NCCCN2CCc3ccccc3C2)CCCCC(=O)N1. The molecule has 0 radical (unpaired) electrons. The maximum atomic E-state index is 12.7. The van der Waals surface area contributed by atoms with Crippen LogP contribution in [0, 0.1) is 0 Å². The van der Waals surface area contributed by atoms with Crippen LogP contribution >= 0.6 is 0 Å². The molecule has 2 aliphatic rings. The van der Waals surface area contributed by atoms with Crippen molar-refractivity contribution in [2.24, 2.45) is 0 Å².